The van der Waals surface area contributed by atoms with Crippen molar-refractivity contribution in [2.24, 2.45) is 4.99 Å². The fourth-order valence-corrected chi connectivity index (χ4v) is 4.28. The van der Waals surface area contributed by atoms with E-state index in [4.69, 9.17) is 11.2 Å². The molecule has 0 amide bonds. The SMILES string of the molecule is C#C/C=N\C(=C/C)c1ncc(-c2ccc(-c3ccc(OC)cc3)s2)s1. The number of allylic oxidation sites excluding steroid dienone is 1. The molecule has 0 unspecified atom stereocenters. The van der Waals surface area contributed by atoms with E-state index in [9.17, 15) is 0 Å². The van der Waals surface area contributed by atoms with Crippen LogP contribution in [0.2, 0.25) is 0 Å². The highest BCUT2D eigenvalue weighted by atomic mass is 32.1. The van der Waals surface area contributed by atoms with E-state index < -0.39 is 0 Å². The van der Waals surface area contributed by atoms with Gasteiger partial charge in [0.2, 0.25) is 0 Å². The summed E-state index contributed by atoms with van der Waals surface area (Å²) in [5, 5.41) is 0.864. The molecule has 3 rings (SSSR count). The van der Waals surface area contributed by atoms with Gasteiger partial charge in [0.1, 0.15) is 10.8 Å². The summed E-state index contributed by atoms with van der Waals surface area (Å²) in [6.07, 6.45) is 10.5. The normalized spacial score (nSPS) is 11.6. The molecule has 0 aliphatic carbocycles. The summed E-state index contributed by atoms with van der Waals surface area (Å²) in [7, 11) is 1.67. The molecule has 3 aromatic rings. The lowest BCUT2D eigenvalue weighted by molar-refractivity contribution is 0.415. The predicted octanol–water partition coefficient (Wildman–Crippen LogP) is 5.61. The van der Waals surface area contributed by atoms with Crippen LogP contribution in [0.25, 0.3) is 25.9 Å². The summed E-state index contributed by atoms with van der Waals surface area (Å²) < 4.78 is 5.21. The highest BCUT2D eigenvalue weighted by Crippen LogP contribution is 2.38. The van der Waals surface area contributed by atoms with E-state index in [0.29, 0.717) is 0 Å². The molecule has 25 heavy (non-hydrogen) atoms. The maximum Gasteiger partial charge on any atom is 0.142 e. The van der Waals surface area contributed by atoms with E-state index in [1.165, 1.54) is 21.5 Å². The van der Waals surface area contributed by atoms with E-state index in [1.807, 2.05) is 31.3 Å². The minimum Gasteiger partial charge on any atom is -0.497 e. The second-order valence-electron chi connectivity index (χ2n) is 5.02. The maximum atomic E-state index is 5.23. The Morgan fingerprint density at radius 2 is 1.88 bits per heavy atom. The Morgan fingerprint density at radius 3 is 2.56 bits per heavy atom. The van der Waals surface area contributed by atoms with Crippen molar-refractivity contribution in [3.63, 3.8) is 0 Å². The fourth-order valence-electron chi connectivity index (χ4n) is 2.25. The Hall–Kier alpha value is -2.68. The van der Waals surface area contributed by atoms with Crippen LogP contribution in [0.5, 0.6) is 5.75 Å². The number of ether oxygens (including phenoxy) is 1. The summed E-state index contributed by atoms with van der Waals surface area (Å²) >= 11 is 3.35. The van der Waals surface area contributed by atoms with Crippen molar-refractivity contribution in [1.82, 2.24) is 4.98 Å². The number of terminal acetylenes is 1. The third-order valence-electron chi connectivity index (χ3n) is 3.50. The average Bonchev–Trinajstić information content (AvgIpc) is 3.32. The predicted molar refractivity (Wildman–Crippen MR) is 108 cm³/mol. The lowest BCUT2D eigenvalue weighted by Gasteiger charge is -2.00. The van der Waals surface area contributed by atoms with E-state index in [0.717, 1.165) is 21.3 Å². The third kappa shape index (κ3) is 3.87. The van der Waals surface area contributed by atoms with Crippen molar-refractivity contribution in [3.05, 3.63) is 53.7 Å². The molecule has 2 aromatic heterocycles. The van der Waals surface area contributed by atoms with Crippen LogP contribution in [0.3, 0.4) is 0 Å². The van der Waals surface area contributed by atoms with Gasteiger partial charge in [0, 0.05) is 16.0 Å². The summed E-state index contributed by atoms with van der Waals surface area (Å²) in [6, 6.07) is 12.3. The van der Waals surface area contributed by atoms with Gasteiger partial charge in [-0.3, -0.25) is 0 Å². The van der Waals surface area contributed by atoms with Gasteiger partial charge in [-0.15, -0.1) is 29.1 Å². The van der Waals surface area contributed by atoms with Gasteiger partial charge >= 0.3 is 0 Å². The number of thiophene rings is 1. The van der Waals surface area contributed by atoms with Crippen molar-refractivity contribution in [2.45, 2.75) is 6.92 Å². The van der Waals surface area contributed by atoms with E-state index in [-0.39, 0.29) is 0 Å². The monoisotopic (exact) mass is 364 g/mol. The molecule has 0 N–H and O–H groups in total. The third-order valence-corrected chi connectivity index (χ3v) is 5.85. The van der Waals surface area contributed by atoms with Crippen LogP contribution < -0.4 is 4.74 Å². The second kappa shape index (κ2) is 7.93. The Morgan fingerprint density at radius 1 is 1.12 bits per heavy atom. The number of methoxy groups -OCH3 is 1. The van der Waals surface area contributed by atoms with E-state index in [2.05, 4.69) is 40.2 Å². The lowest BCUT2D eigenvalue weighted by atomic mass is 10.2. The van der Waals surface area contributed by atoms with Gasteiger partial charge in [0.25, 0.3) is 0 Å². The minimum atomic E-state index is 0.793. The number of nitrogens with zero attached hydrogens (tertiary/aromatic N) is 2. The number of aromatic nitrogens is 1. The van der Waals surface area contributed by atoms with Gasteiger partial charge in [-0.05, 0) is 48.9 Å². The van der Waals surface area contributed by atoms with Crippen molar-refractivity contribution in [3.8, 4) is 38.3 Å². The number of aliphatic imine (C=N–C) groups is 1. The Bertz CT molecular complexity index is 956. The highest BCUT2D eigenvalue weighted by Gasteiger charge is 2.10. The summed E-state index contributed by atoms with van der Waals surface area (Å²) in [6.45, 7) is 1.93. The van der Waals surface area contributed by atoms with Crippen LogP contribution in [0.15, 0.2) is 53.7 Å². The van der Waals surface area contributed by atoms with Gasteiger partial charge in [0.05, 0.1) is 23.9 Å². The Kier molecular flexibility index (Phi) is 5.44. The first-order valence-corrected chi connectivity index (χ1v) is 9.24. The summed E-state index contributed by atoms with van der Waals surface area (Å²) in [5.74, 6) is 3.27. The molecule has 1 aromatic carbocycles. The molecule has 0 atom stereocenters. The molecule has 0 aliphatic rings. The van der Waals surface area contributed by atoms with Crippen LogP contribution >= 0.6 is 22.7 Å². The highest BCUT2D eigenvalue weighted by molar-refractivity contribution is 7.24. The molecule has 0 fully saturated rings. The molecular formula is C20H16N2OS2. The number of thiazole rings is 1. The molecule has 124 valence electrons. The van der Waals surface area contributed by atoms with Crippen molar-refractivity contribution >= 4 is 34.6 Å². The van der Waals surface area contributed by atoms with Crippen LogP contribution in [0.1, 0.15) is 11.9 Å². The van der Waals surface area contributed by atoms with Crippen LogP contribution in [-0.4, -0.2) is 18.3 Å². The van der Waals surface area contributed by atoms with Gasteiger partial charge in [-0.2, -0.15) is 0 Å². The molecule has 0 aliphatic heterocycles. The maximum absolute atomic E-state index is 5.23. The number of hydrogen-bond acceptors (Lipinski definition) is 5. The van der Waals surface area contributed by atoms with Gasteiger partial charge in [-0.25, -0.2) is 9.98 Å². The van der Waals surface area contributed by atoms with Crippen molar-refractivity contribution in [2.75, 3.05) is 7.11 Å². The van der Waals surface area contributed by atoms with Crippen LogP contribution in [-0.2, 0) is 0 Å². The van der Waals surface area contributed by atoms with Crippen molar-refractivity contribution in [1.29, 1.82) is 0 Å². The Labute approximate surface area is 155 Å². The first-order chi connectivity index (χ1) is 12.2. The molecular weight excluding hydrogens is 348 g/mol. The second-order valence-corrected chi connectivity index (χ2v) is 7.14. The smallest absolute Gasteiger partial charge is 0.142 e. The molecule has 0 bridgehead atoms. The first-order valence-electron chi connectivity index (χ1n) is 7.61. The van der Waals surface area contributed by atoms with E-state index in [1.54, 1.807) is 29.8 Å². The largest absolute Gasteiger partial charge is 0.497 e. The summed E-state index contributed by atoms with van der Waals surface area (Å²) in [4.78, 5) is 12.2. The van der Waals surface area contributed by atoms with Crippen molar-refractivity contribution < 1.29 is 4.74 Å². The molecule has 5 heteroatoms. The van der Waals surface area contributed by atoms with Crippen LogP contribution in [0.4, 0.5) is 0 Å². The fraction of sp³-hybridized carbons (Fsp3) is 0.100. The van der Waals surface area contributed by atoms with Gasteiger partial charge in [-0.1, -0.05) is 12.0 Å². The Balaban J connectivity index is 1.85. The molecule has 3 nitrogen and oxygen atoms in total. The molecule has 0 saturated carbocycles. The zero-order valence-corrected chi connectivity index (χ0v) is 15.5. The standard InChI is InChI=1S/C20H16N2OS2/c1-4-12-21-16(5-2)20-22-13-19(25-20)18-11-10-17(24-18)14-6-8-15(23-3)9-7-14/h1,5-13H,2-3H3/b16-5-,21-12-. The minimum absolute atomic E-state index is 0.793. The summed E-state index contributed by atoms with van der Waals surface area (Å²) in [5.41, 5.74) is 1.97. The topological polar surface area (TPSA) is 34.5 Å². The lowest BCUT2D eigenvalue weighted by Crippen LogP contribution is -1.81. The van der Waals surface area contributed by atoms with Crippen LogP contribution in [0, 0.1) is 12.3 Å². The quantitative estimate of drug-likeness (QED) is 0.435. The first kappa shape index (κ1) is 17.2. The number of rotatable bonds is 5. The zero-order valence-electron chi connectivity index (χ0n) is 13.9. The van der Waals surface area contributed by atoms with Gasteiger partial charge in [0.15, 0.2) is 0 Å². The molecule has 0 spiro atoms. The van der Waals surface area contributed by atoms with Gasteiger partial charge < -0.3 is 4.74 Å². The number of benzene rings is 1. The van der Waals surface area contributed by atoms with E-state index >= 15 is 0 Å². The number of hydrogen-bond donors (Lipinski definition) is 0. The average molecular weight is 364 g/mol. The molecule has 0 radical (unpaired) electrons. The molecule has 2 heterocycles. The molecule has 0 saturated heterocycles. The zero-order chi connectivity index (χ0) is 17.6.